The molecule has 2 rings (SSSR count). The van der Waals surface area contributed by atoms with Gasteiger partial charge in [-0.1, -0.05) is 30.3 Å². The Hall–Kier alpha value is -2.41. The highest BCUT2D eigenvalue weighted by molar-refractivity contribution is 5.96. The first-order chi connectivity index (χ1) is 12.1. The third kappa shape index (κ3) is 5.05. The fourth-order valence-electron chi connectivity index (χ4n) is 2.95. The molecule has 1 aromatic rings. The lowest BCUT2D eigenvalue weighted by Gasteiger charge is -2.20. The number of hydrogen-bond acceptors (Lipinski definition) is 6. The number of Topliss-reactive ketones (excluding diaryl/α,β-unsaturated/α-hetero) is 1. The second kappa shape index (κ2) is 7.86. The third-order valence-corrected chi connectivity index (χ3v) is 4.17. The fraction of sp³-hybridized carbons (Fsp3) is 0.526. The summed E-state index contributed by atoms with van der Waals surface area (Å²) in [6.45, 7) is 5.17. The first-order valence-corrected chi connectivity index (χ1v) is 8.47. The molecule has 1 aliphatic carbocycles. The summed E-state index contributed by atoms with van der Waals surface area (Å²) in [6.07, 6.45) is -1.90. The van der Waals surface area contributed by atoms with Crippen LogP contribution in [0.5, 0.6) is 0 Å². The molecule has 1 aliphatic rings. The number of amides is 1. The summed E-state index contributed by atoms with van der Waals surface area (Å²) in [4.78, 5) is 36.1. The number of benzene rings is 1. The summed E-state index contributed by atoms with van der Waals surface area (Å²) < 4.78 is 9.91. The number of aliphatic hydroxyl groups is 1. The van der Waals surface area contributed by atoms with Gasteiger partial charge in [0, 0.05) is 17.9 Å². The van der Waals surface area contributed by atoms with Crippen molar-refractivity contribution < 1.29 is 29.0 Å². The number of nitrogens with one attached hydrogen (secondary N) is 1. The maximum atomic E-state index is 12.3. The van der Waals surface area contributed by atoms with E-state index in [2.05, 4.69) is 5.32 Å². The molecule has 0 bridgehead atoms. The zero-order valence-corrected chi connectivity index (χ0v) is 15.4. The van der Waals surface area contributed by atoms with Crippen LogP contribution in [0.3, 0.4) is 0 Å². The van der Waals surface area contributed by atoms with Crippen molar-refractivity contribution >= 4 is 17.8 Å². The number of aliphatic hydroxyl groups excluding tert-OH is 1. The van der Waals surface area contributed by atoms with Crippen LogP contribution < -0.4 is 5.32 Å². The molecular formula is C19H25NO6. The number of rotatable bonds is 6. The van der Waals surface area contributed by atoms with Crippen LogP contribution in [0.25, 0.3) is 0 Å². The van der Waals surface area contributed by atoms with Gasteiger partial charge in [0.05, 0.1) is 25.2 Å². The van der Waals surface area contributed by atoms with Crippen molar-refractivity contribution in [2.24, 2.45) is 11.8 Å². The van der Waals surface area contributed by atoms with Gasteiger partial charge in [0.2, 0.25) is 0 Å². The lowest BCUT2D eigenvalue weighted by molar-refractivity contribution is -0.143. The SMILES string of the molecule is COC(=O)[C@@H]1[C@@H](NC(=O)OC(C)(C)C)[C@H]1[C@@H](O)CC(=O)c1ccccc1. The molecule has 1 aromatic carbocycles. The second-order valence-electron chi connectivity index (χ2n) is 7.36. The van der Waals surface area contributed by atoms with Crippen LogP contribution in [0.1, 0.15) is 37.6 Å². The Morgan fingerprint density at radius 2 is 1.81 bits per heavy atom. The minimum absolute atomic E-state index is 0.144. The Kier molecular flexibility index (Phi) is 6.02. The summed E-state index contributed by atoms with van der Waals surface area (Å²) in [5.41, 5.74) is -0.199. The van der Waals surface area contributed by atoms with Gasteiger partial charge in [-0.25, -0.2) is 4.79 Å². The molecule has 0 heterocycles. The normalized spacial score (nSPS) is 22.9. The van der Waals surface area contributed by atoms with E-state index in [-0.39, 0.29) is 12.2 Å². The number of carbonyl (C=O) groups excluding carboxylic acids is 3. The van der Waals surface area contributed by atoms with Crippen LogP contribution in [0.4, 0.5) is 4.79 Å². The largest absolute Gasteiger partial charge is 0.469 e. The van der Waals surface area contributed by atoms with E-state index in [1.165, 1.54) is 7.11 Å². The van der Waals surface area contributed by atoms with E-state index < -0.39 is 41.6 Å². The van der Waals surface area contributed by atoms with Gasteiger partial charge in [0.15, 0.2) is 5.78 Å². The van der Waals surface area contributed by atoms with E-state index >= 15 is 0 Å². The summed E-state index contributed by atoms with van der Waals surface area (Å²) in [5.74, 6) is -2.07. The van der Waals surface area contributed by atoms with Crippen LogP contribution in [-0.2, 0) is 14.3 Å². The van der Waals surface area contributed by atoms with E-state index in [1.807, 2.05) is 0 Å². The molecule has 1 amide bonds. The maximum Gasteiger partial charge on any atom is 0.407 e. The van der Waals surface area contributed by atoms with Crippen molar-refractivity contribution in [3.63, 3.8) is 0 Å². The Bertz CT molecular complexity index is 666. The fourth-order valence-corrected chi connectivity index (χ4v) is 2.95. The zero-order chi connectivity index (χ0) is 19.5. The predicted octanol–water partition coefficient (Wildman–Crippen LogP) is 1.93. The van der Waals surface area contributed by atoms with Crippen molar-refractivity contribution in [3.05, 3.63) is 35.9 Å². The van der Waals surface area contributed by atoms with Crippen molar-refractivity contribution in [3.8, 4) is 0 Å². The number of methoxy groups -OCH3 is 1. The average Bonchev–Trinajstić information content (AvgIpc) is 3.26. The van der Waals surface area contributed by atoms with Crippen LogP contribution >= 0.6 is 0 Å². The molecule has 0 radical (unpaired) electrons. The number of carbonyl (C=O) groups is 3. The van der Waals surface area contributed by atoms with Gasteiger partial charge in [0.1, 0.15) is 5.60 Å². The molecule has 0 unspecified atom stereocenters. The Morgan fingerprint density at radius 1 is 1.19 bits per heavy atom. The summed E-state index contributed by atoms with van der Waals surface area (Å²) >= 11 is 0. The molecule has 1 fully saturated rings. The van der Waals surface area contributed by atoms with E-state index in [0.29, 0.717) is 5.56 Å². The van der Waals surface area contributed by atoms with Gasteiger partial charge in [-0.05, 0) is 20.8 Å². The molecule has 142 valence electrons. The van der Waals surface area contributed by atoms with E-state index in [0.717, 1.165) is 0 Å². The average molecular weight is 363 g/mol. The van der Waals surface area contributed by atoms with Crippen LogP contribution in [0, 0.1) is 11.8 Å². The molecule has 0 aliphatic heterocycles. The van der Waals surface area contributed by atoms with E-state index in [1.54, 1.807) is 51.1 Å². The predicted molar refractivity (Wildman–Crippen MR) is 93.6 cm³/mol. The molecule has 26 heavy (non-hydrogen) atoms. The van der Waals surface area contributed by atoms with Crippen LogP contribution in [-0.4, -0.2) is 47.8 Å². The third-order valence-electron chi connectivity index (χ3n) is 4.17. The van der Waals surface area contributed by atoms with Crippen molar-refractivity contribution in [2.75, 3.05) is 7.11 Å². The van der Waals surface area contributed by atoms with Gasteiger partial charge in [-0.3, -0.25) is 9.59 Å². The molecular weight excluding hydrogens is 338 g/mol. The number of hydrogen-bond donors (Lipinski definition) is 2. The van der Waals surface area contributed by atoms with Gasteiger partial charge in [-0.15, -0.1) is 0 Å². The van der Waals surface area contributed by atoms with Gasteiger partial charge in [-0.2, -0.15) is 0 Å². The first-order valence-electron chi connectivity index (χ1n) is 8.47. The monoisotopic (exact) mass is 363 g/mol. The van der Waals surface area contributed by atoms with Gasteiger partial charge >= 0.3 is 12.1 Å². The molecule has 0 spiro atoms. The number of esters is 1. The lowest BCUT2D eigenvalue weighted by Crippen LogP contribution is -2.36. The topological polar surface area (TPSA) is 102 Å². The zero-order valence-electron chi connectivity index (χ0n) is 15.4. The molecule has 0 saturated heterocycles. The number of ketones is 1. The van der Waals surface area contributed by atoms with Crippen LogP contribution in [0.2, 0.25) is 0 Å². The highest BCUT2D eigenvalue weighted by Crippen LogP contribution is 2.44. The minimum Gasteiger partial charge on any atom is -0.469 e. The molecule has 7 heteroatoms. The molecule has 7 nitrogen and oxygen atoms in total. The quantitative estimate of drug-likeness (QED) is 0.591. The van der Waals surface area contributed by atoms with E-state index in [9.17, 15) is 19.5 Å². The Labute approximate surface area is 152 Å². The smallest absolute Gasteiger partial charge is 0.407 e. The maximum absolute atomic E-state index is 12.3. The second-order valence-corrected chi connectivity index (χ2v) is 7.36. The Morgan fingerprint density at radius 3 is 2.35 bits per heavy atom. The van der Waals surface area contributed by atoms with Gasteiger partial charge < -0.3 is 19.9 Å². The summed E-state index contributed by atoms with van der Waals surface area (Å²) in [5, 5.41) is 13.0. The lowest BCUT2D eigenvalue weighted by atomic mass is 10.0. The first kappa shape index (κ1) is 19.9. The van der Waals surface area contributed by atoms with Crippen LogP contribution in [0.15, 0.2) is 30.3 Å². The molecule has 2 N–H and O–H groups in total. The molecule has 0 aromatic heterocycles. The molecule has 4 atom stereocenters. The summed E-state index contributed by atoms with van der Waals surface area (Å²) in [6, 6.07) is 7.96. The van der Waals surface area contributed by atoms with Crippen molar-refractivity contribution in [1.29, 1.82) is 0 Å². The standard InChI is InChI=1S/C19H25NO6/c1-19(2,3)26-18(24)20-16-14(15(16)17(23)25-4)13(22)10-12(21)11-8-6-5-7-9-11/h5-9,13-16,22H,10H2,1-4H3,(H,20,24)/t13-,14-,15-,16-/m0/s1. The van der Waals surface area contributed by atoms with Crippen molar-refractivity contribution in [2.45, 2.75) is 44.9 Å². The highest BCUT2D eigenvalue weighted by atomic mass is 16.6. The number of alkyl carbamates (subject to hydrolysis) is 1. The molecule has 1 saturated carbocycles. The Balaban J connectivity index is 2.01. The number of ether oxygens (including phenoxy) is 2. The van der Waals surface area contributed by atoms with E-state index in [4.69, 9.17) is 9.47 Å². The minimum atomic E-state index is -1.08. The van der Waals surface area contributed by atoms with Crippen molar-refractivity contribution in [1.82, 2.24) is 5.32 Å². The highest BCUT2D eigenvalue weighted by Gasteiger charge is 2.60. The summed E-state index contributed by atoms with van der Waals surface area (Å²) in [7, 11) is 1.24. The van der Waals surface area contributed by atoms with Gasteiger partial charge in [0.25, 0.3) is 0 Å².